The number of hydrogen-bond donors (Lipinski definition) is 3. The van der Waals surface area contributed by atoms with Crippen LogP contribution in [0.4, 0.5) is 0 Å². The number of rotatable bonds is 11. The van der Waals surface area contributed by atoms with E-state index in [-0.39, 0.29) is 0 Å². The fourth-order valence-electron chi connectivity index (χ4n) is 3.14. The normalized spacial score (nSPS) is 11.5. The molecule has 0 spiro atoms. The van der Waals surface area contributed by atoms with E-state index in [1.807, 2.05) is 18.2 Å². The van der Waals surface area contributed by atoms with Gasteiger partial charge >= 0.3 is 0 Å². The standard InChI is InChI=1S/C20H30N4O2/c1-2-3-4-5-6-7-8-19-22-17-15-16(10-12-20(25)23-26)9-11-18(17)24(19)14-13-21/h9-12,15,26H,2-8,13-14,21H2,1H3,(H,23,25). The van der Waals surface area contributed by atoms with E-state index in [4.69, 9.17) is 15.9 Å². The molecular formula is C20H30N4O2. The number of hydrogen-bond acceptors (Lipinski definition) is 4. The summed E-state index contributed by atoms with van der Waals surface area (Å²) >= 11 is 0. The smallest absolute Gasteiger partial charge is 0.267 e. The van der Waals surface area contributed by atoms with Gasteiger partial charge in [0.15, 0.2) is 0 Å². The van der Waals surface area contributed by atoms with Crippen molar-refractivity contribution >= 4 is 23.0 Å². The number of carbonyl (C=O) groups excluding carboxylic acids is 1. The van der Waals surface area contributed by atoms with E-state index in [0.29, 0.717) is 6.54 Å². The molecule has 142 valence electrons. The van der Waals surface area contributed by atoms with Crippen molar-refractivity contribution in [3.05, 3.63) is 35.7 Å². The molecule has 0 saturated carbocycles. The number of aryl methyl sites for hydroxylation is 1. The summed E-state index contributed by atoms with van der Waals surface area (Å²) in [7, 11) is 0. The first kappa shape index (κ1) is 20.1. The lowest BCUT2D eigenvalue weighted by molar-refractivity contribution is -0.124. The predicted octanol–water partition coefficient (Wildman–Crippen LogP) is 3.42. The molecule has 2 aromatic rings. The van der Waals surface area contributed by atoms with Crippen LogP contribution in [0.2, 0.25) is 0 Å². The van der Waals surface area contributed by atoms with Crippen LogP contribution in [0, 0.1) is 0 Å². The molecule has 0 radical (unpaired) electrons. The minimum absolute atomic E-state index is 0.553. The lowest BCUT2D eigenvalue weighted by Crippen LogP contribution is -2.14. The Morgan fingerprint density at radius 2 is 2.04 bits per heavy atom. The van der Waals surface area contributed by atoms with Gasteiger partial charge in [0.05, 0.1) is 11.0 Å². The molecular weight excluding hydrogens is 328 g/mol. The second-order valence-electron chi connectivity index (χ2n) is 6.54. The average Bonchev–Trinajstić information content (AvgIpc) is 2.99. The van der Waals surface area contributed by atoms with Gasteiger partial charge in [-0.3, -0.25) is 10.0 Å². The van der Waals surface area contributed by atoms with Crippen molar-refractivity contribution in [1.82, 2.24) is 15.0 Å². The number of unbranched alkanes of at least 4 members (excludes halogenated alkanes) is 5. The number of benzene rings is 1. The van der Waals surface area contributed by atoms with Gasteiger partial charge in [0.25, 0.3) is 5.91 Å². The van der Waals surface area contributed by atoms with Gasteiger partial charge in [0.2, 0.25) is 0 Å². The third-order valence-corrected chi connectivity index (χ3v) is 4.50. The van der Waals surface area contributed by atoms with Crippen LogP contribution in [-0.4, -0.2) is 27.2 Å². The predicted molar refractivity (Wildman–Crippen MR) is 105 cm³/mol. The number of nitrogens with two attached hydrogens (primary N) is 1. The Morgan fingerprint density at radius 3 is 2.77 bits per heavy atom. The molecule has 0 unspecified atom stereocenters. The van der Waals surface area contributed by atoms with Crippen molar-refractivity contribution < 1.29 is 10.0 Å². The lowest BCUT2D eigenvalue weighted by Gasteiger charge is -2.07. The van der Waals surface area contributed by atoms with Crippen LogP contribution in [0.1, 0.15) is 56.8 Å². The van der Waals surface area contributed by atoms with Gasteiger partial charge in [-0.25, -0.2) is 10.5 Å². The highest BCUT2D eigenvalue weighted by molar-refractivity contribution is 5.91. The van der Waals surface area contributed by atoms with E-state index in [9.17, 15) is 4.79 Å². The highest BCUT2D eigenvalue weighted by Gasteiger charge is 2.10. The van der Waals surface area contributed by atoms with E-state index in [2.05, 4.69) is 11.5 Å². The SMILES string of the molecule is CCCCCCCCc1nc2cc(C=CC(=O)NO)ccc2n1CCN. The summed E-state index contributed by atoms with van der Waals surface area (Å²) in [6.07, 6.45) is 11.4. The van der Waals surface area contributed by atoms with Crippen LogP contribution < -0.4 is 11.2 Å². The second kappa shape index (κ2) is 10.7. The van der Waals surface area contributed by atoms with Crippen molar-refractivity contribution in [1.29, 1.82) is 0 Å². The van der Waals surface area contributed by atoms with Gasteiger partial charge in [0.1, 0.15) is 5.82 Å². The van der Waals surface area contributed by atoms with E-state index in [1.165, 1.54) is 38.2 Å². The summed E-state index contributed by atoms with van der Waals surface area (Å²) < 4.78 is 2.20. The first-order chi connectivity index (χ1) is 12.7. The number of imidazole rings is 1. The Morgan fingerprint density at radius 1 is 1.27 bits per heavy atom. The van der Waals surface area contributed by atoms with Crippen LogP contribution in [0.15, 0.2) is 24.3 Å². The third-order valence-electron chi connectivity index (χ3n) is 4.50. The number of fused-ring (bicyclic) bond motifs is 1. The number of carbonyl (C=O) groups is 1. The molecule has 6 heteroatoms. The zero-order chi connectivity index (χ0) is 18.8. The lowest BCUT2D eigenvalue weighted by atomic mass is 10.1. The molecule has 0 aliphatic carbocycles. The fraction of sp³-hybridized carbons (Fsp3) is 0.500. The largest absolute Gasteiger partial charge is 0.329 e. The Labute approximate surface area is 155 Å². The Hall–Kier alpha value is -2.18. The first-order valence-corrected chi connectivity index (χ1v) is 9.51. The van der Waals surface area contributed by atoms with Gasteiger partial charge in [-0.05, 0) is 30.2 Å². The second-order valence-corrected chi connectivity index (χ2v) is 6.54. The Bertz CT molecular complexity index is 737. The first-order valence-electron chi connectivity index (χ1n) is 9.51. The zero-order valence-electron chi connectivity index (χ0n) is 15.6. The maximum Gasteiger partial charge on any atom is 0.267 e. The molecule has 0 saturated heterocycles. The van der Waals surface area contributed by atoms with Gasteiger partial charge < -0.3 is 10.3 Å². The molecule has 6 nitrogen and oxygen atoms in total. The van der Waals surface area contributed by atoms with E-state index < -0.39 is 5.91 Å². The van der Waals surface area contributed by atoms with E-state index in [0.717, 1.165) is 41.8 Å². The molecule has 1 heterocycles. The Kier molecular flexibility index (Phi) is 8.31. The molecule has 2 rings (SSSR count). The minimum atomic E-state index is -0.553. The fourth-order valence-corrected chi connectivity index (χ4v) is 3.14. The molecule has 0 fully saturated rings. The highest BCUT2D eigenvalue weighted by Crippen LogP contribution is 2.20. The number of aromatic nitrogens is 2. The topological polar surface area (TPSA) is 93.2 Å². The van der Waals surface area contributed by atoms with Crippen LogP contribution >= 0.6 is 0 Å². The van der Waals surface area contributed by atoms with Crippen molar-refractivity contribution in [3.63, 3.8) is 0 Å². The van der Waals surface area contributed by atoms with Crippen LogP contribution in [0.3, 0.4) is 0 Å². The van der Waals surface area contributed by atoms with Crippen molar-refractivity contribution in [2.75, 3.05) is 6.54 Å². The molecule has 0 atom stereocenters. The van der Waals surface area contributed by atoms with Crippen molar-refractivity contribution in [3.8, 4) is 0 Å². The molecule has 4 N–H and O–H groups in total. The quantitative estimate of drug-likeness (QED) is 0.248. The van der Waals surface area contributed by atoms with Crippen molar-refractivity contribution in [2.45, 2.75) is 58.4 Å². The zero-order valence-corrected chi connectivity index (χ0v) is 15.6. The van der Waals surface area contributed by atoms with Crippen molar-refractivity contribution in [2.24, 2.45) is 5.73 Å². The van der Waals surface area contributed by atoms with Gasteiger partial charge in [-0.1, -0.05) is 45.1 Å². The average molecular weight is 358 g/mol. The summed E-state index contributed by atoms with van der Waals surface area (Å²) in [5, 5.41) is 8.56. The summed E-state index contributed by atoms with van der Waals surface area (Å²) in [4.78, 5) is 15.9. The molecule has 1 amide bonds. The van der Waals surface area contributed by atoms with Crippen LogP contribution in [-0.2, 0) is 17.8 Å². The summed E-state index contributed by atoms with van der Waals surface area (Å²) in [5.41, 5.74) is 10.2. The maximum atomic E-state index is 11.1. The van der Waals surface area contributed by atoms with E-state index >= 15 is 0 Å². The highest BCUT2D eigenvalue weighted by atomic mass is 16.5. The molecule has 0 aliphatic rings. The van der Waals surface area contributed by atoms with Gasteiger partial charge in [-0.15, -0.1) is 0 Å². The number of nitrogens with zero attached hydrogens (tertiary/aromatic N) is 2. The third kappa shape index (κ3) is 5.68. The molecule has 0 aliphatic heterocycles. The molecule has 26 heavy (non-hydrogen) atoms. The van der Waals surface area contributed by atoms with Crippen LogP contribution in [0.5, 0.6) is 0 Å². The van der Waals surface area contributed by atoms with Gasteiger partial charge in [-0.2, -0.15) is 0 Å². The number of hydroxylamine groups is 1. The van der Waals surface area contributed by atoms with Gasteiger partial charge in [0, 0.05) is 25.6 Å². The minimum Gasteiger partial charge on any atom is -0.329 e. The summed E-state index contributed by atoms with van der Waals surface area (Å²) in [5.74, 6) is 0.526. The molecule has 0 bridgehead atoms. The molecule has 1 aromatic carbocycles. The summed E-state index contributed by atoms with van der Waals surface area (Å²) in [6.45, 7) is 3.56. The van der Waals surface area contributed by atoms with E-state index in [1.54, 1.807) is 11.6 Å². The Balaban J connectivity index is 2.11. The maximum absolute atomic E-state index is 11.1. The number of amides is 1. The summed E-state index contributed by atoms with van der Waals surface area (Å²) in [6, 6.07) is 5.90. The monoisotopic (exact) mass is 358 g/mol. The number of nitrogens with one attached hydrogen (secondary N) is 1. The van der Waals surface area contributed by atoms with Crippen LogP contribution in [0.25, 0.3) is 17.1 Å². The molecule has 1 aromatic heterocycles.